The topological polar surface area (TPSA) is 92.6 Å². The van der Waals surface area contributed by atoms with Crippen LogP contribution in [0.2, 0.25) is 0 Å². The number of carboxylic acid groups (broad SMARTS) is 1. The van der Waals surface area contributed by atoms with Crippen molar-refractivity contribution in [1.82, 2.24) is 14.9 Å². The van der Waals surface area contributed by atoms with E-state index in [9.17, 15) is 9.59 Å². The number of nitrogens with zero attached hydrogens (tertiary/aromatic N) is 3. The number of hydrogen-bond donors (Lipinski definition) is 1. The Kier molecular flexibility index (Phi) is 7.45. The van der Waals surface area contributed by atoms with E-state index in [1.54, 1.807) is 36.3 Å². The molecule has 196 valence electrons. The van der Waals surface area contributed by atoms with Gasteiger partial charge in [-0.15, -0.1) is 0 Å². The van der Waals surface area contributed by atoms with E-state index in [2.05, 4.69) is 4.98 Å². The molecule has 0 saturated carbocycles. The van der Waals surface area contributed by atoms with Crippen LogP contribution in [-0.4, -0.2) is 49.8 Å². The molecule has 3 aromatic carbocycles. The van der Waals surface area contributed by atoms with Crippen molar-refractivity contribution in [1.29, 1.82) is 0 Å². The van der Waals surface area contributed by atoms with E-state index in [-0.39, 0.29) is 11.5 Å². The molecule has 1 aliphatic rings. The Morgan fingerprint density at radius 3 is 2.44 bits per heavy atom. The third kappa shape index (κ3) is 5.55. The number of thioether (sulfide) groups is 1. The second-order valence-electron chi connectivity index (χ2n) is 9.14. The van der Waals surface area contributed by atoms with Crippen LogP contribution in [0.1, 0.15) is 32.9 Å². The fraction of sp³-hybridized carbons (Fsp3) is 0.167. The lowest BCUT2D eigenvalue weighted by Crippen LogP contribution is -2.30. The molecule has 39 heavy (non-hydrogen) atoms. The molecule has 1 aliphatic heterocycles. The number of ether oxygens (including phenoxy) is 1. The molecule has 4 aromatic rings. The minimum Gasteiger partial charge on any atom is -0.496 e. The molecule has 1 amide bonds. The number of carbonyl (C=O) groups excluding carboxylic acids is 1. The first-order valence-electron chi connectivity index (χ1n) is 12.2. The molecule has 0 atom stereocenters. The van der Waals surface area contributed by atoms with Crippen LogP contribution in [-0.2, 0) is 11.2 Å². The van der Waals surface area contributed by atoms with Crippen molar-refractivity contribution in [3.63, 3.8) is 0 Å². The second kappa shape index (κ2) is 11.0. The minimum atomic E-state index is -0.968. The summed E-state index contributed by atoms with van der Waals surface area (Å²) in [5.41, 5.74) is 7.27. The van der Waals surface area contributed by atoms with Gasteiger partial charge in [0.05, 0.1) is 40.0 Å². The summed E-state index contributed by atoms with van der Waals surface area (Å²) in [5.74, 6) is -0.397. The van der Waals surface area contributed by atoms with Crippen LogP contribution >= 0.6 is 24.0 Å². The normalized spacial score (nSPS) is 14.4. The quantitative estimate of drug-likeness (QED) is 0.217. The van der Waals surface area contributed by atoms with Crippen molar-refractivity contribution in [3.05, 3.63) is 93.6 Å². The molecule has 0 radical (unpaired) electrons. The lowest BCUT2D eigenvalue weighted by atomic mass is 10.0. The van der Waals surface area contributed by atoms with Gasteiger partial charge in [-0.3, -0.25) is 9.69 Å². The molecular weight excluding hydrogens is 530 g/mol. The van der Waals surface area contributed by atoms with E-state index in [1.807, 2.05) is 56.3 Å². The Morgan fingerprint density at radius 1 is 1.03 bits per heavy atom. The Labute approximate surface area is 235 Å². The molecule has 0 bridgehead atoms. The zero-order valence-electron chi connectivity index (χ0n) is 21.6. The lowest BCUT2D eigenvalue weighted by molar-refractivity contribution is -0.122. The van der Waals surface area contributed by atoms with Crippen LogP contribution in [0.5, 0.6) is 5.75 Å². The summed E-state index contributed by atoms with van der Waals surface area (Å²) in [6.07, 6.45) is 2.41. The van der Waals surface area contributed by atoms with Crippen molar-refractivity contribution in [3.8, 4) is 16.9 Å². The van der Waals surface area contributed by atoms with Crippen LogP contribution in [0.15, 0.2) is 65.6 Å². The predicted octanol–water partition coefficient (Wildman–Crippen LogP) is 6.06. The maximum absolute atomic E-state index is 13.2. The van der Waals surface area contributed by atoms with Crippen molar-refractivity contribution in [2.75, 3.05) is 13.7 Å². The van der Waals surface area contributed by atoms with Gasteiger partial charge in [-0.1, -0.05) is 48.2 Å². The Balaban J connectivity index is 1.38. The van der Waals surface area contributed by atoms with Crippen molar-refractivity contribution >= 4 is 57.3 Å². The van der Waals surface area contributed by atoms with Gasteiger partial charge in [0.25, 0.3) is 5.91 Å². The van der Waals surface area contributed by atoms with Gasteiger partial charge in [-0.2, -0.15) is 0 Å². The van der Waals surface area contributed by atoms with Crippen molar-refractivity contribution < 1.29 is 19.4 Å². The molecule has 1 aromatic heterocycles. The highest BCUT2D eigenvalue weighted by molar-refractivity contribution is 8.26. The fourth-order valence-electron chi connectivity index (χ4n) is 4.34. The van der Waals surface area contributed by atoms with E-state index in [4.69, 9.17) is 27.0 Å². The highest BCUT2D eigenvalue weighted by Crippen LogP contribution is 2.36. The van der Waals surface area contributed by atoms with Gasteiger partial charge in [0.1, 0.15) is 10.1 Å². The first kappa shape index (κ1) is 26.5. The minimum absolute atomic E-state index is 0.142. The predicted molar refractivity (Wildman–Crippen MR) is 158 cm³/mol. The number of aryl methyl sites for hydroxylation is 2. The summed E-state index contributed by atoms with van der Waals surface area (Å²) in [5, 5.41) is 9.08. The number of thiocarbonyl (C=S) groups is 1. The zero-order valence-corrected chi connectivity index (χ0v) is 23.2. The number of amides is 1. The molecule has 1 N–H and O–H groups in total. The number of fused-ring (bicyclic) bond motifs is 1. The van der Waals surface area contributed by atoms with Crippen LogP contribution < -0.4 is 4.74 Å². The number of aromatic carboxylic acids is 1. The van der Waals surface area contributed by atoms with Crippen LogP contribution in [0.3, 0.4) is 0 Å². The van der Waals surface area contributed by atoms with Crippen LogP contribution in [0.4, 0.5) is 0 Å². The molecule has 5 rings (SSSR count). The third-order valence-electron chi connectivity index (χ3n) is 6.61. The lowest BCUT2D eigenvalue weighted by Gasteiger charge is -2.14. The summed E-state index contributed by atoms with van der Waals surface area (Å²) in [4.78, 5) is 35.7. The SMILES string of the molecule is COc1ccc(/C=C2\SC(=S)N(CCc3ccc(C(=O)O)cc3)C2=O)cc1-c1ccc2nc(C)c(C)nc2c1. The Morgan fingerprint density at radius 2 is 1.74 bits per heavy atom. The Hall–Kier alpha value is -4.08. The molecule has 0 spiro atoms. The van der Waals surface area contributed by atoms with Crippen molar-refractivity contribution in [2.24, 2.45) is 0 Å². The first-order chi connectivity index (χ1) is 18.7. The molecule has 9 heteroatoms. The summed E-state index contributed by atoms with van der Waals surface area (Å²) in [6.45, 7) is 4.31. The number of methoxy groups -OCH3 is 1. The van der Waals surface area contributed by atoms with Gasteiger partial charge >= 0.3 is 5.97 Å². The number of benzene rings is 3. The average Bonchev–Trinajstić information content (AvgIpc) is 3.19. The number of rotatable bonds is 7. The molecular formula is C30H25N3O4S2. The highest BCUT2D eigenvalue weighted by atomic mass is 32.2. The van der Waals surface area contributed by atoms with Gasteiger partial charge in [0, 0.05) is 12.1 Å². The van der Waals surface area contributed by atoms with E-state index in [0.29, 0.717) is 27.9 Å². The fourth-order valence-corrected chi connectivity index (χ4v) is 5.65. The smallest absolute Gasteiger partial charge is 0.335 e. The molecule has 0 aliphatic carbocycles. The number of carboxylic acids is 1. The first-order valence-corrected chi connectivity index (χ1v) is 13.5. The van der Waals surface area contributed by atoms with E-state index < -0.39 is 5.97 Å². The maximum Gasteiger partial charge on any atom is 0.335 e. The van der Waals surface area contributed by atoms with Gasteiger partial charge < -0.3 is 9.84 Å². The molecule has 1 fully saturated rings. The standard InChI is InChI=1S/C30H25N3O4S2/c1-17-18(2)32-25-16-22(9-10-24(25)31-17)23-14-20(6-11-26(23)37-3)15-27-28(34)33(30(38)39-27)13-12-19-4-7-21(8-5-19)29(35)36/h4-11,14-16H,12-13H2,1-3H3,(H,35,36)/b27-15-. The summed E-state index contributed by atoms with van der Waals surface area (Å²) < 4.78 is 6.14. The monoisotopic (exact) mass is 555 g/mol. The van der Waals surface area contributed by atoms with Gasteiger partial charge in [-0.05, 0) is 79.4 Å². The number of aromatic nitrogens is 2. The van der Waals surface area contributed by atoms with Crippen LogP contribution in [0, 0.1) is 13.8 Å². The summed E-state index contributed by atoms with van der Waals surface area (Å²) in [7, 11) is 1.63. The molecule has 0 unspecified atom stereocenters. The highest BCUT2D eigenvalue weighted by Gasteiger charge is 2.31. The Bertz CT molecular complexity index is 1670. The van der Waals surface area contributed by atoms with E-state index in [0.717, 1.165) is 44.7 Å². The molecule has 1 saturated heterocycles. The molecule has 7 nitrogen and oxygen atoms in total. The van der Waals surface area contributed by atoms with E-state index >= 15 is 0 Å². The van der Waals surface area contributed by atoms with E-state index in [1.165, 1.54) is 11.8 Å². The summed E-state index contributed by atoms with van der Waals surface area (Å²) in [6, 6.07) is 18.4. The van der Waals surface area contributed by atoms with Crippen molar-refractivity contribution in [2.45, 2.75) is 20.3 Å². The largest absolute Gasteiger partial charge is 0.496 e. The molecule has 2 heterocycles. The average molecular weight is 556 g/mol. The second-order valence-corrected chi connectivity index (χ2v) is 10.8. The number of carbonyl (C=O) groups is 2. The number of hydrogen-bond acceptors (Lipinski definition) is 7. The maximum atomic E-state index is 13.2. The van der Waals surface area contributed by atoms with Crippen LogP contribution in [0.25, 0.3) is 28.2 Å². The zero-order chi connectivity index (χ0) is 27.7. The third-order valence-corrected chi connectivity index (χ3v) is 7.98. The van der Waals surface area contributed by atoms with Gasteiger partial charge in [-0.25, -0.2) is 14.8 Å². The van der Waals surface area contributed by atoms with Gasteiger partial charge in [0.15, 0.2) is 0 Å². The van der Waals surface area contributed by atoms with Gasteiger partial charge in [0.2, 0.25) is 0 Å². The summed E-state index contributed by atoms with van der Waals surface area (Å²) >= 11 is 6.78.